The highest BCUT2D eigenvalue weighted by molar-refractivity contribution is 5.76. The number of hydrogen-bond acceptors (Lipinski definition) is 5. The molecular weight excluding hydrogens is 418 g/mol. The molecule has 0 unspecified atom stereocenters. The first kappa shape index (κ1) is 21.0. The maximum Gasteiger partial charge on any atom is 0.127 e. The fourth-order valence-electron chi connectivity index (χ4n) is 4.61. The Kier molecular flexibility index (Phi) is 5.78. The quantitative estimate of drug-likeness (QED) is 0.374. The molecule has 0 spiro atoms. The van der Waals surface area contributed by atoms with Crippen molar-refractivity contribution in [3.05, 3.63) is 84.8 Å². The molecule has 1 aliphatic heterocycles. The van der Waals surface area contributed by atoms with Gasteiger partial charge in [-0.05, 0) is 85.8 Å². The van der Waals surface area contributed by atoms with Gasteiger partial charge in [-0.3, -0.25) is 14.9 Å². The van der Waals surface area contributed by atoms with Gasteiger partial charge in [0.2, 0.25) is 0 Å². The number of likely N-dealkylation sites (tertiary alicyclic amines) is 1. The predicted octanol–water partition coefficient (Wildman–Crippen LogP) is 6.04. The summed E-state index contributed by atoms with van der Waals surface area (Å²) in [5, 5.41) is 3.55. The van der Waals surface area contributed by atoms with Crippen molar-refractivity contribution in [3.63, 3.8) is 0 Å². The second-order valence-corrected chi connectivity index (χ2v) is 9.40. The van der Waals surface area contributed by atoms with E-state index in [2.05, 4.69) is 62.6 Å². The van der Waals surface area contributed by atoms with Gasteiger partial charge in [0, 0.05) is 42.3 Å². The molecule has 34 heavy (non-hydrogen) atoms. The maximum atomic E-state index is 4.84. The molecule has 1 saturated carbocycles. The van der Waals surface area contributed by atoms with Gasteiger partial charge in [0.05, 0.1) is 11.4 Å². The third-order valence-electron chi connectivity index (χ3n) is 6.65. The molecule has 2 aliphatic rings. The number of anilines is 1. The van der Waals surface area contributed by atoms with Gasteiger partial charge in [0.1, 0.15) is 5.82 Å². The zero-order valence-corrected chi connectivity index (χ0v) is 19.3. The lowest BCUT2D eigenvalue weighted by atomic mass is 10.0. The van der Waals surface area contributed by atoms with Crippen LogP contribution in [0, 0.1) is 0 Å². The Morgan fingerprint density at radius 3 is 2.32 bits per heavy atom. The molecule has 0 amide bonds. The van der Waals surface area contributed by atoms with Crippen LogP contribution < -0.4 is 5.32 Å². The van der Waals surface area contributed by atoms with Gasteiger partial charge in [-0.25, -0.2) is 4.98 Å². The number of aromatic nitrogens is 3. The molecule has 0 bridgehead atoms. The van der Waals surface area contributed by atoms with Gasteiger partial charge in [-0.1, -0.05) is 30.3 Å². The van der Waals surface area contributed by atoms with E-state index < -0.39 is 0 Å². The van der Waals surface area contributed by atoms with E-state index in [1.54, 1.807) is 0 Å². The fraction of sp³-hybridized carbons (Fsp3) is 0.276. The van der Waals surface area contributed by atoms with Crippen molar-refractivity contribution in [1.82, 2.24) is 19.9 Å². The average molecular weight is 448 g/mol. The first-order valence-electron chi connectivity index (χ1n) is 12.3. The standard InChI is InChI=1S/C29H29N5/c1-2-12-31-27(5-1)28-16-23(17-29(33-28)32-26-10-11-26)25-15-24(18-30-19-25)22-8-6-21(7-9-22)20-34-13-3-4-14-34/h1-2,5-9,12,15-19,26H,3-4,10-11,13-14,20H2,(H,32,33). The van der Waals surface area contributed by atoms with Crippen LogP contribution in [0.1, 0.15) is 31.2 Å². The third-order valence-corrected chi connectivity index (χ3v) is 6.65. The van der Waals surface area contributed by atoms with Crippen LogP contribution in [0.5, 0.6) is 0 Å². The summed E-state index contributed by atoms with van der Waals surface area (Å²) in [6.07, 6.45) is 10.8. The molecule has 3 aromatic heterocycles. The first-order chi connectivity index (χ1) is 16.8. The van der Waals surface area contributed by atoms with E-state index in [9.17, 15) is 0 Å². The Bertz CT molecular complexity index is 1260. The van der Waals surface area contributed by atoms with E-state index in [0.29, 0.717) is 6.04 Å². The molecule has 0 radical (unpaired) electrons. The van der Waals surface area contributed by atoms with Gasteiger partial charge in [-0.2, -0.15) is 0 Å². The van der Waals surface area contributed by atoms with E-state index in [4.69, 9.17) is 4.98 Å². The van der Waals surface area contributed by atoms with E-state index in [1.807, 2.05) is 36.8 Å². The summed E-state index contributed by atoms with van der Waals surface area (Å²) in [6, 6.07) is 21.9. The summed E-state index contributed by atoms with van der Waals surface area (Å²) in [5.74, 6) is 0.900. The minimum absolute atomic E-state index is 0.530. The number of rotatable bonds is 7. The number of pyridine rings is 3. The average Bonchev–Trinajstić information content (AvgIpc) is 3.56. The largest absolute Gasteiger partial charge is 0.367 e. The summed E-state index contributed by atoms with van der Waals surface area (Å²) in [7, 11) is 0. The summed E-state index contributed by atoms with van der Waals surface area (Å²) in [6.45, 7) is 3.48. The molecule has 6 rings (SSSR count). The highest BCUT2D eigenvalue weighted by Crippen LogP contribution is 2.32. The van der Waals surface area contributed by atoms with Gasteiger partial charge in [-0.15, -0.1) is 0 Å². The number of benzene rings is 1. The van der Waals surface area contributed by atoms with Gasteiger partial charge in [0.15, 0.2) is 0 Å². The molecule has 5 nitrogen and oxygen atoms in total. The normalized spacial score (nSPS) is 16.0. The lowest BCUT2D eigenvalue weighted by Crippen LogP contribution is -2.18. The number of hydrogen-bond donors (Lipinski definition) is 1. The Morgan fingerprint density at radius 2 is 1.59 bits per heavy atom. The van der Waals surface area contributed by atoms with Crippen molar-refractivity contribution in [1.29, 1.82) is 0 Å². The molecule has 4 heterocycles. The zero-order chi connectivity index (χ0) is 22.7. The molecular formula is C29H29N5. The van der Waals surface area contributed by atoms with Crippen LogP contribution in [0.2, 0.25) is 0 Å². The van der Waals surface area contributed by atoms with Crippen LogP contribution in [0.25, 0.3) is 33.6 Å². The molecule has 5 heteroatoms. The van der Waals surface area contributed by atoms with Crippen molar-refractivity contribution < 1.29 is 0 Å². The maximum absolute atomic E-state index is 4.84. The summed E-state index contributed by atoms with van der Waals surface area (Å²) in [4.78, 5) is 16.5. The number of nitrogens with zero attached hydrogens (tertiary/aromatic N) is 4. The van der Waals surface area contributed by atoms with Gasteiger partial charge >= 0.3 is 0 Å². The Hall–Kier alpha value is -3.57. The predicted molar refractivity (Wildman–Crippen MR) is 137 cm³/mol. The minimum atomic E-state index is 0.530. The lowest BCUT2D eigenvalue weighted by Gasteiger charge is -2.15. The summed E-state index contributed by atoms with van der Waals surface area (Å²) >= 11 is 0. The molecule has 1 aromatic carbocycles. The molecule has 0 atom stereocenters. The highest BCUT2D eigenvalue weighted by Gasteiger charge is 2.22. The molecule has 2 fully saturated rings. The first-order valence-corrected chi connectivity index (χ1v) is 12.3. The second kappa shape index (κ2) is 9.35. The molecule has 4 aromatic rings. The summed E-state index contributed by atoms with van der Waals surface area (Å²) < 4.78 is 0. The van der Waals surface area contributed by atoms with E-state index in [0.717, 1.165) is 40.4 Å². The Labute approximate surface area is 200 Å². The molecule has 1 saturated heterocycles. The van der Waals surface area contributed by atoms with Crippen LogP contribution in [-0.2, 0) is 6.54 Å². The van der Waals surface area contributed by atoms with E-state index in [-0.39, 0.29) is 0 Å². The van der Waals surface area contributed by atoms with Crippen LogP contribution >= 0.6 is 0 Å². The van der Waals surface area contributed by atoms with Crippen LogP contribution in [0.3, 0.4) is 0 Å². The molecule has 1 aliphatic carbocycles. The minimum Gasteiger partial charge on any atom is -0.367 e. The monoisotopic (exact) mass is 447 g/mol. The lowest BCUT2D eigenvalue weighted by molar-refractivity contribution is 0.331. The van der Waals surface area contributed by atoms with Gasteiger partial charge in [0.25, 0.3) is 0 Å². The third kappa shape index (κ3) is 4.85. The molecule has 170 valence electrons. The topological polar surface area (TPSA) is 53.9 Å². The fourth-order valence-corrected chi connectivity index (χ4v) is 4.61. The van der Waals surface area contributed by atoms with Crippen LogP contribution in [0.4, 0.5) is 5.82 Å². The van der Waals surface area contributed by atoms with Crippen molar-refractivity contribution in [3.8, 4) is 33.6 Å². The van der Waals surface area contributed by atoms with Crippen LogP contribution in [-0.4, -0.2) is 39.0 Å². The molecule has 1 N–H and O–H groups in total. The van der Waals surface area contributed by atoms with Crippen molar-refractivity contribution in [2.45, 2.75) is 38.3 Å². The smallest absolute Gasteiger partial charge is 0.127 e. The highest BCUT2D eigenvalue weighted by atomic mass is 15.1. The SMILES string of the molecule is c1ccc(-c2cc(-c3cncc(-c4ccc(CN5CCCC5)cc4)c3)cc(NC3CC3)n2)nc1. The van der Waals surface area contributed by atoms with Crippen molar-refractivity contribution >= 4 is 5.82 Å². The van der Waals surface area contributed by atoms with Crippen LogP contribution in [0.15, 0.2) is 79.3 Å². The second-order valence-electron chi connectivity index (χ2n) is 9.40. The summed E-state index contributed by atoms with van der Waals surface area (Å²) in [5.41, 5.74) is 7.61. The Morgan fingerprint density at radius 1 is 0.794 bits per heavy atom. The van der Waals surface area contributed by atoms with Gasteiger partial charge < -0.3 is 5.32 Å². The van der Waals surface area contributed by atoms with Crippen molar-refractivity contribution in [2.24, 2.45) is 0 Å². The zero-order valence-electron chi connectivity index (χ0n) is 19.3. The van der Waals surface area contributed by atoms with E-state index in [1.165, 1.54) is 49.9 Å². The van der Waals surface area contributed by atoms with E-state index >= 15 is 0 Å². The van der Waals surface area contributed by atoms with Crippen molar-refractivity contribution in [2.75, 3.05) is 18.4 Å². The number of nitrogens with one attached hydrogen (secondary N) is 1. The Balaban J connectivity index is 1.30.